The van der Waals surface area contributed by atoms with Crippen molar-refractivity contribution >= 4 is 29.3 Å². The van der Waals surface area contributed by atoms with E-state index in [0.29, 0.717) is 18.7 Å². The molecule has 0 aliphatic rings. The van der Waals surface area contributed by atoms with E-state index in [1.165, 1.54) is 0 Å². The summed E-state index contributed by atoms with van der Waals surface area (Å²) in [5.41, 5.74) is 7.23. The maximum Gasteiger partial charge on any atom is 0.352 e. The summed E-state index contributed by atoms with van der Waals surface area (Å²) in [5.74, 6) is -0.268. The van der Waals surface area contributed by atoms with Gasteiger partial charge in [0, 0.05) is 10.9 Å². The van der Waals surface area contributed by atoms with Crippen LogP contribution in [0.3, 0.4) is 0 Å². The van der Waals surface area contributed by atoms with Gasteiger partial charge < -0.3 is 20.6 Å². The van der Waals surface area contributed by atoms with Crippen molar-refractivity contribution in [2.75, 3.05) is 13.7 Å². The summed E-state index contributed by atoms with van der Waals surface area (Å²) in [5, 5.41) is 9.97. The van der Waals surface area contributed by atoms with Crippen molar-refractivity contribution in [1.82, 2.24) is 4.98 Å². The zero-order valence-electron chi connectivity index (χ0n) is 9.90. The largest absolute Gasteiger partial charge is 0.497 e. The summed E-state index contributed by atoms with van der Waals surface area (Å²) in [4.78, 5) is 14.0. The predicted molar refractivity (Wildman–Crippen MR) is 71.8 cm³/mol. The van der Waals surface area contributed by atoms with E-state index in [0.717, 1.165) is 16.5 Å². The molecule has 0 spiro atoms. The van der Waals surface area contributed by atoms with Crippen molar-refractivity contribution in [3.63, 3.8) is 0 Å². The number of aromatic carboxylic acids is 1. The van der Waals surface area contributed by atoms with Gasteiger partial charge in [-0.05, 0) is 36.7 Å². The lowest BCUT2D eigenvalue weighted by atomic mass is 10.1. The topological polar surface area (TPSA) is 88.3 Å². The quantitative estimate of drug-likeness (QED) is 0.790. The Morgan fingerprint density at radius 1 is 1.50 bits per heavy atom. The number of fused-ring (bicyclic) bond motifs is 1. The van der Waals surface area contributed by atoms with Crippen LogP contribution in [0.2, 0.25) is 0 Å². The Bertz CT molecular complexity index is 566. The van der Waals surface area contributed by atoms with Crippen LogP contribution >= 0.6 is 12.4 Å². The first-order valence-corrected chi connectivity index (χ1v) is 5.29. The maximum atomic E-state index is 11.1. The highest BCUT2D eigenvalue weighted by molar-refractivity contribution is 5.97. The lowest BCUT2D eigenvalue weighted by Crippen LogP contribution is -2.07. The number of nitrogens with one attached hydrogen (secondary N) is 1. The van der Waals surface area contributed by atoms with Crippen LogP contribution < -0.4 is 10.5 Å². The normalized spacial score (nSPS) is 10.1. The summed E-state index contributed by atoms with van der Waals surface area (Å²) >= 11 is 0. The number of benzene rings is 1. The first-order chi connectivity index (χ1) is 8.17. The van der Waals surface area contributed by atoms with E-state index in [4.69, 9.17) is 15.6 Å². The van der Waals surface area contributed by atoms with Gasteiger partial charge in [-0.2, -0.15) is 0 Å². The maximum absolute atomic E-state index is 11.1. The number of carboxylic acids is 1. The van der Waals surface area contributed by atoms with Gasteiger partial charge in [0.05, 0.1) is 7.11 Å². The Kier molecular flexibility index (Phi) is 4.58. The number of aromatic amines is 1. The first kappa shape index (κ1) is 14.3. The van der Waals surface area contributed by atoms with Crippen LogP contribution in [0.5, 0.6) is 5.75 Å². The Morgan fingerprint density at radius 3 is 2.78 bits per heavy atom. The SMILES string of the molecule is COc1ccc2[nH]c(C(=O)O)c(CCN)c2c1.Cl. The molecule has 0 saturated heterocycles. The summed E-state index contributed by atoms with van der Waals surface area (Å²) < 4.78 is 5.13. The second kappa shape index (κ2) is 5.75. The van der Waals surface area contributed by atoms with E-state index in [2.05, 4.69) is 4.98 Å². The summed E-state index contributed by atoms with van der Waals surface area (Å²) in [7, 11) is 1.58. The minimum Gasteiger partial charge on any atom is -0.497 e. The fraction of sp³-hybridized carbons (Fsp3) is 0.250. The molecule has 4 N–H and O–H groups in total. The molecule has 0 unspecified atom stereocenters. The molecular formula is C12H15ClN2O3. The average molecular weight is 271 g/mol. The van der Waals surface area contributed by atoms with Crippen molar-refractivity contribution in [2.45, 2.75) is 6.42 Å². The molecule has 6 heteroatoms. The minimum absolute atomic E-state index is 0. The zero-order chi connectivity index (χ0) is 12.4. The molecule has 0 aliphatic heterocycles. The van der Waals surface area contributed by atoms with Crippen LogP contribution in [-0.2, 0) is 6.42 Å². The average Bonchev–Trinajstić information content (AvgIpc) is 2.68. The van der Waals surface area contributed by atoms with Gasteiger partial charge in [0.25, 0.3) is 0 Å². The van der Waals surface area contributed by atoms with Crippen LogP contribution in [0.25, 0.3) is 10.9 Å². The van der Waals surface area contributed by atoms with Crippen LogP contribution in [0, 0.1) is 0 Å². The molecule has 1 aromatic carbocycles. The molecule has 1 heterocycles. The summed E-state index contributed by atoms with van der Waals surface area (Å²) in [6.45, 7) is 0.407. The van der Waals surface area contributed by atoms with E-state index < -0.39 is 5.97 Å². The molecule has 0 bridgehead atoms. The van der Waals surface area contributed by atoms with Crippen molar-refractivity contribution in [3.8, 4) is 5.75 Å². The Labute approximate surface area is 110 Å². The molecule has 18 heavy (non-hydrogen) atoms. The van der Waals surface area contributed by atoms with Gasteiger partial charge in [-0.1, -0.05) is 0 Å². The highest BCUT2D eigenvalue weighted by atomic mass is 35.5. The van der Waals surface area contributed by atoms with E-state index >= 15 is 0 Å². The molecule has 0 fully saturated rings. The molecule has 5 nitrogen and oxygen atoms in total. The highest BCUT2D eigenvalue weighted by Gasteiger charge is 2.16. The number of carbonyl (C=O) groups is 1. The number of ether oxygens (including phenoxy) is 1. The van der Waals surface area contributed by atoms with Crippen LogP contribution in [0.1, 0.15) is 16.1 Å². The monoisotopic (exact) mass is 270 g/mol. The second-order valence-electron chi connectivity index (χ2n) is 3.73. The number of hydrogen-bond acceptors (Lipinski definition) is 3. The van der Waals surface area contributed by atoms with E-state index in [1.54, 1.807) is 19.2 Å². The number of halogens is 1. The predicted octanol–water partition coefficient (Wildman–Crippen LogP) is 1.80. The molecule has 1 aromatic heterocycles. The fourth-order valence-electron chi connectivity index (χ4n) is 1.94. The standard InChI is InChI=1S/C12H14N2O3.ClH/c1-17-7-2-3-10-9(6-7)8(4-5-13)11(14-10)12(15)16;/h2-3,6,14H,4-5,13H2,1H3,(H,15,16);1H. The number of hydrogen-bond donors (Lipinski definition) is 3. The zero-order valence-corrected chi connectivity index (χ0v) is 10.7. The van der Waals surface area contributed by atoms with E-state index in [-0.39, 0.29) is 18.1 Å². The number of H-pyrrole nitrogens is 1. The molecule has 0 aliphatic carbocycles. The van der Waals surface area contributed by atoms with Crippen molar-refractivity contribution in [3.05, 3.63) is 29.5 Å². The Hall–Kier alpha value is -1.72. The second-order valence-corrected chi connectivity index (χ2v) is 3.73. The Balaban J connectivity index is 0.00000162. The first-order valence-electron chi connectivity index (χ1n) is 5.29. The Morgan fingerprint density at radius 2 is 2.22 bits per heavy atom. The molecular weight excluding hydrogens is 256 g/mol. The molecule has 98 valence electrons. The van der Waals surface area contributed by atoms with Crippen LogP contribution in [-0.4, -0.2) is 29.7 Å². The molecule has 0 amide bonds. The van der Waals surface area contributed by atoms with E-state index in [9.17, 15) is 4.79 Å². The van der Waals surface area contributed by atoms with E-state index in [1.807, 2.05) is 6.07 Å². The van der Waals surface area contributed by atoms with Gasteiger partial charge in [-0.25, -0.2) is 4.79 Å². The summed E-state index contributed by atoms with van der Waals surface area (Å²) in [6, 6.07) is 5.42. The van der Waals surface area contributed by atoms with Gasteiger partial charge in [0.1, 0.15) is 11.4 Å². The molecule has 0 atom stereocenters. The van der Waals surface area contributed by atoms with Gasteiger partial charge in [-0.3, -0.25) is 0 Å². The number of nitrogens with two attached hydrogens (primary N) is 1. The smallest absolute Gasteiger partial charge is 0.352 e. The van der Waals surface area contributed by atoms with Gasteiger partial charge in [-0.15, -0.1) is 12.4 Å². The van der Waals surface area contributed by atoms with Crippen LogP contribution in [0.4, 0.5) is 0 Å². The number of methoxy groups -OCH3 is 1. The minimum atomic E-state index is -0.969. The molecule has 0 radical (unpaired) electrons. The van der Waals surface area contributed by atoms with Crippen molar-refractivity contribution < 1.29 is 14.6 Å². The third kappa shape index (κ3) is 2.42. The third-order valence-electron chi connectivity index (χ3n) is 2.72. The third-order valence-corrected chi connectivity index (χ3v) is 2.72. The highest BCUT2D eigenvalue weighted by Crippen LogP contribution is 2.26. The lowest BCUT2D eigenvalue weighted by Gasteiger charge is -2.01. The summed E-state index contributed by atoms with van der Waals surface area (Å²) in [6.07, 6.45) is 0.523. The molecule has 0 saturated carbocycles. The van der Waals surface area contributed by atoms with Crippen LogP contribution in [0.15, 0.2) is 18.2 Å². The number of rotatable bonds is 4. The number of aromatic nitrogens is 1. The van der Waals surface area contributed by atoms with Crippen molar-refractivity contribution in [2.24, 2.45) is 5.73 Å². The van der Waals surface area contributed by atoms with Gasteiger partial charge >= 0.3 is 5.97 Å². The van der Waals surface area contributed by atoms with Gasteiger partial charge in [0.15, 0.2) is 0 Å². The van der Waals surface area contributed by atoms with Gasteiger partial charge in [0.2, 0.25) is 0 Å². The fourth-order valence-corrected chi connectivity index (χ4v) is 1.94. The molecule has 2 rings (SSSR count). The lowest BCUT2D eigenvalue weighted by molar-refractivity contribution is 0.0690. The molecule has 2 aromatic rings. The van der Waals surface area contributed by atoms with Crippen molar-refractivity contribution in [1.29, 1.82) is 0 Å². The number of carboxylic acid groups (broad SMARTS) is 1.